The van der Waals surface area contributed by atoms with E-state index in [4.69, 9.17) is 0 Å². The standard InChI is InChI=1S/C17H24IN3O3S/c1-12(2)11-16(17(22)20-19-14-5-3-4-6-14)21-25(23,24)15-9-7-13(18)8-10-15/h7-10,12,16,21H,3-6,11H2,1-2H3,(H,20,22). The van der Waals surface area contributed by atoms with E-state index >= 15 is 0 Å². The highest BCUT2D eigenvalue weighted by Crippen LogP contribution is 2.16. The second kappa shape index (κ2) is 9.09. The number of sulfonamides is 1. The smallest absolute Gasteiger partial charge is 0.258 e. The molecule has 0 saturated heterocycles. The molecule has 25 heavy (non-hydrogen) atoms. The summed E-state index contributed by atoms with van der Waals surface area (Å²) in [6.07, 6.45) is 4.36. The van der Waals surface area contributed by atoms with E-state index in [0.29, 0.717) is 6.42 Å². The minimum atomic E-state index is -3.77. The van der Waals surface area contributed by atoms with Crippen LogP contribution in [0.15, 0.2) is 34.3 Å². The molecule has 1 aliphatic rings. The van der Waals surface area contributed by atoms with Gasteiger partial charge in [0.15, 0.2) is 0 Å². The van der Waals surface area contributed by atoms with Crippen molar-refractivity contribution in [3.63, 3.8) is 0 Å². The molecule has 0 aromatic heterocycles. The molecule has 0 radical (unpaired) electrons. The quantitative estimate of drug-likeness (QED) is 0.468. The predicted molar refractivity (Wildman–Crippen MR) is 107 cm³/mol. The molecule has 1 atom stereocenters. The molecule has 6 nitrogen and oxygen atoms in total. The van der Waals surface area contributed by atoms with Crippen LogP contribution in [-0.4, -0.2) is 26.1 Å². The highest BCUT2D eigenvalue weighted by Gasteiger charge is 2.26. The number of rotatable bonds is 7. The summed E-state index contributed by atoms with van der Waals surface area (Å²) in [7, 11) is -3.77. The zero-order valence-electron chi connectivity index (χ0n) is 14.5. The van der Waals surface area contributed by atoms with Crippen molar-refractivity contribution in [2.75, 3.05) is 0 Å². The van der Waals surface area contributed by atoms with Crippen molar-refractivity contribution in [1.82, 2.24) is 10.1 Å². The van der Waals surface area contributed by atoms with Crippen LogP contribution in [0.2, 0.25) is 0 Å². The molecular weight excluding hydrogens is 453 g/mol. The summed E-state index contributed by atoms with van der Waals surface area (Å²) in [4.78, 5) is 12.6. The number of hydrogen-bond donors (Lipinski definition) is 2. The molecule has 0 bridgehead atoms. The Morgan fingerprint density at radius 3 is 2.36 bits per heavy atom. The third kappa shape index (κ3) is 6.34. The SMILES string of the molecule is CC(C)CC(NS(=O)(=O)c1ccc(I)cc1)C(=O)NN=C1CCCC1. The fourth-order valence-electron chi connectivity index (χ4n) is 2.66. The van der Waals surface area contributed by atoms with Crippen molar-refractivity contribution in [3.8, 4) is 0 Å². The van der Waals surface area contributed by atoms with E-state index in [9.17, 15) is 13.2 Å². The number of halogens is 1. The summed E-state index contributed by atoms with van der Waals surface area (Å²) in [6.45, 7) is 3.89. The van der Waals surface area contributed by atoms with Gasteiger partial charge in [0.2, 0.25) is 10.0 Å². The number of nitrogens with one attached hydrogen (secondary N) is 2. The Bertz CT molecular complexity index is 722. The molecule has 138 valence electrons. The largest absolute Gasteiger partial charge is 0.271 e. The van der Waals surface area contributed by atoms with Crippen molar-refractivity contribution >= 4 is 44.2 Å². The van der Waals surface area contributed by atoms with Gasteiger partial charge in [0.25, 0.3) is 5.91 Å². The van der Waals surface area contributed by atoms with Crippen LogP contribution in [0.4, 0.5) is 0 Å². The zero-order chi connectivity index (χ0) is 18.4. The third-order valence-electron chi connectivity index (χ3n) is 3.95. The summed E-state index contributed by atoms with van der Waals surface area (Å²) in [5.41, 5.74) is 3.50. The average Bonchev–Trinajstić information content (AvgIpc) is 3.05. The first-order chi connectivity index (χ1) is 11.8. The molecule has 0 aliphatic heterocycles. The molecule has 2 rings (SSSR count). The first-order valence-electron chi connectivity index (χ1n) is 8.41. The lowest BCUT2D eigenvalue weighted by atomic mass is 10.0. The van der Waals surface area contributed by atoms with Gasteiger partial charge in [-0.25, -0.2) is 13.8 Å². The zero-order valence-corrected chi connectivity index (χ0v) is 17.4. The molecule has 1 aromatic rings. The van der Waals surface area contributed by atoms with Crippen molar-refractivity contribution in [2.45, 2.75) is 56.9 Å². The van der Waals surface area contributed by atoms with Crippen LogP contribution in [0.3, 0.4) is 0 Å². The van der Waals surface area contributed by atoms with Gasteiger partial charge < -0.3 is 0 Å². The van der Waals surface area contributed by atoms with E-state index in [1.54, 1.807) is 12.1 Å². The second-order valence-corrected chi connectivity index (χ2v) is 9.58. The fourth-order valence-corrected chi connectivity index (χ4v) is 4.22. The Balaban J connectivity index is 2.11. The summed E-state index contributed by atoms with van der Waals surface area (Å²) < 4.78 is 28.6. The van der Waals surface area contributed by atoms with Crippen LogP contribution < -0.4 is 10.1 Å². The fraction of sp³-hybridized carbons (Fsp3) is 0.529. The number of hydrazone groups is 1. The minimum absolute atomic E-state index is 0.150. The van der Waals surface area contributed by atoms with Gasteiger partial charge >= 0.3 is 0 Å². The van der Waals surface area contributed by atoms with Gasteiger partial charge in [0.1, 0.15) is 6.04 Å². The van der Waals surface area contributed by atoms with Crippen molar-refractivity contribution in [3.05, 3.63) is 27.8 Å². The topological polar surface area (TPSA) is 87.6 Å². The number of carbonyl (C=O) groups is 1. The third-order valence-corrected chi connectivity index (χ3v) is 6.16. The molecule has 8 heteroatoms. The lowest BCUT2D eigenvalue weighted by Crippen LogP contribution is -2.46. The Hall–Kier alpha value is -1.00. The van der Waals surface area contributed by atoms with Gasteiger partial charge in [-0.3, -0.25) is 4.79 Å². The van der Waals surface area contributed by atoms with Crippen LogP contribution in [0.5, 0.6) is 0 Å². The van der Waals surface area contributed by atoms with Gasteiger partial charge in [-0.1, -0.05) is 13.8 Å². The molecule has 1 aliphatic carbocycles. The first kappa shape index (κ1) is 20.3. The number of carbonyl (C=O) groups excluding carboxylic acids is 1. The minimum Gasteiger partial charge on any atom is -0.271 e. The molecule has 1 amide bonds. The van der Waals surface area contributed by atoms with E-state index in [0.717, 1.165) is 35.0 Å². The molecule has 1 aromatic carbocycles. The van der Waals surface area contributed by atoms with E-state index in [-0.39, 0.29) is 10.8 Å². The molecular formula is C17H24IN3O3S. The van der Waals surface area contributed by atoms with Gasteiger partial charge in [-0.05, 0) is 84.9 Å². The molecule has 1 unspecified atom stereocenters. The van der Waals surface area contributed by atoms with Gasteiger partial charge in [-0.15, -0.1) is 0 Å². The van der Waals surface area contributed by atoms with Gasteiger partial charge in [0, 0.05) is 9.28 Å². The summed E-state index contributed by atoms with van der Waals surface area (Å²) in [5.74, 6) is -0.253. The van der Waals surface area contributed by atoms with Crippen molar-refractivity contribution in [2.24, 2.45) is 11.0 Å². The monoisotopic (exact) mass is 477 g/mol. The number of hydrogen-bond acceptors (Lipinski definition) is 4. The summed E-state index contributed by atoms with van der Waals surface area (Å²) >= 11 is 2.11. The van der Waals surface area contributed by atoms with Crippen molar-refractivity contribution in [1.29, 1.82) is 0 Å². The normalized spacial score (nSPS) is 16.1. The Morgan fingerprint density at radius 1 is 1.20 bits per heavy atom. The first-order valence-corrected chi connectivity index (χ1v) is 11.0. The summed E-state index contributed by atoms with van der Waals surface area (Å²) in [5, 5.41) is 4.15. The van der Waals surface area contributed by atoms with Crippen LogP contribution in [0.25, 0.3) is 0 Å². The van der Waals surface area contributed by atoms with Crippen LogP contribution in [-0.2, 0) is 14.8 Å². The maximum atomic E-state index is 12.6. The van der Waals surface area contributed by atoms with Gasteiger partial charge in [0.05, 0.1) is 4.90 Å². The molecule has 1 saturated carbocycles. The highest BCUT2D eigenvalue weighted by molar-refractivity contribution is 14.1. The maximum Gasteiger partial charge on any atom is 0.258 e. The molecule has 0 spiro atoms. The lowest BCUT2D eigenvalue weighted by Gasteiger charge is -2.19. The number of nitrogens with zero attached hydrogens (tertiary/aromatic N) is 1. The van der Waals surface area contributed by atoms with E-state index in [2.05, 4.69) is 37.8 Å². The van der Waals surface area contributed by atoms with E-state index in [1.165, 1.54) is 12.1 Å². The molecule has 2 N–H and O–H groups in total. The van der Waals surface area contributed by atoms with Crippen LogP contribution in [0, 0.1) is 9.49 Å². The lowest BCUT2D eigenvalue weighted by molar-refractivity contribution is -0.123. The van der Waals surface area contributed by atoms with Gasteiger partial charge in [-0.2, -0.15) is 9.82 Å². The Kier molecular flexibility index (Phi) is 7.38. The highest BCUT2D eigenvalue weighted by atomic mass is 127. The number of benzene rings is 1. The number of amides is 1. The predicted octanol–water partition coefficient (Wildman–Crippen LogP) is 3.03. The molecule has 0 heterocycles. The Morgan fingerprint density at radius 2 is 1.80 bits per heavy atom. The van der Waals surface area contributed by atoms with Crippen LogP contribution >= 0.6 is 22.6 Å². The Labute approximate surface area is 163 Å². The molecule has 1 fully saturated rings. The van der Waals surface area contributed by atoms with Crippen LogP contribution in [0.1, 0.15) is 46.0 Å². The second-order valence-electron chi connectivity index (χ2n) is 6.62. The van der Waals surface area contributed by atoms with Crippen molar-refractivity contribution < 1.29 is 13.2 Å². The average molecular weight is 477 g/mol. The van der Waals surface area contributed by atoms with E-state index in [1.807, 2.05) is 13.8 Å². The summed E-state index contributed by atoms with van der Waals surface area (Å²) in [6, 6.07) is 5.66. The van der Waals surface area contributed by atoms with E-state index < -0.39 is 22.0 Å². The maximum absolute atomic E-state index is 12.6.